The Morgan fingerprint density at radius 2 is 0.478 bits per heavy atom. The maximum Gasteiger partial charge on any atom is 0.238 e. The highest BCUT2D eigenvalue weighted by Gasteiger charge is 2.26. The van der Waals surface area contributed by atoms with Crippen LogP contribution in [0.2, 0.25) is 0 Å². The molecular weight excluding hydrogens is 1120 g/mol. The van der Waals surface area contributed by atoms with Crippen LogP contribution >= 0.6 is 0 Å². The molecule has 92 heavy (non-hydrogen) atoms. The lowest BCUT2D eigenvalue weighted by Gasteiger charge is -2.11. The average Bonchev–Trinajstić information content (AvgIpc) is 1.56. The first kappa shape index (κ1) is 54.0. The lowest BCUT2D eigenvalue weighted by molar-refractivity contribution is 0.953. The maximum atomic E-state index is 5.15. The number of para-hydroxylation sites is 2. The molecule has 0 bridgehead atoms. The summed E-state index contributed by atoms with van der Waals surface area (Å²) in [7, 11) is 0. The third-order valence-corrected chi connectivity index (χ3v) is 17.7. The molecule has 0 fully saturated rings. The molecule has 0 aliphatic carbocycles. The van der Waals surface area contributed by atoms with Crippen molar-refractivity contribution >= 4 is 87.2 Å². The fourth-order valence-corrected chi connectivity index (χ4v) is 13.6. The van der Waals surface area contributed by atoms with Gasteiger partial charge in [0.2, 0.25) is 11.9 Å². The molecule has 0 saturated carbocycles. The molecular formula is C82H58N10. The molecule has 436 valence electrons. The van der Waals surface area contributed by atoms with Crippen molar-refractivity contribution in [1.29, 1.82) is 0 Å². The second-order valence-corrected chi connectivity index (χ2v) is 23.8. The number of aryl methyl sites for hydroxylation is 4. The van der Waals surface area contributed by atoms with Crippen LogP contribution in [0, 0.1) is 27.7 Å². The van der Waals surface area contributed by atoms with E-state index in [0.717, 1.165) is 66.5 Å². The van der Waals surface area contributed by atoms with E-state index in [2.05, 4.69) is 204 Å². The van der Waals surface area contributed by atoms with Crippen molar-refractivity contribution in [3.05, 3.63) is 301 Å². The summed E-state index contributed by atoms with van der Waals surface area (Å²) in [5.41, 5.74) is 19.8. The number of fused-ring (bicyclic) bond motifs is 14. The highest BCUT2D eigenvalue weighted by atomic mass is 15.2. The van der Waals surface area contributed by atoms with Crippen molar-refractivity contribution < 1.29 is 0 Å². The Balaban J connectivity index is 0.000000141. The Morgan fingerprint density at radius 1 is 0.217 bits per heavy atom. The predicted octanol–water partition coefficient (Wildman–Crippen LogP) is 20.0. The molecule has 10 nitrogen and oxygen atoms in total. The van der Waals surface area contributed by atoms with Crippen LogP contribution in [0.25, 0.3) is 156 Å². The summed E-state index contributed by atoms with van der Waals surface area (Å²) < 4.78 is 9.27. The lowest BCUT2D eigenvalue weighted by Crippen LogP contribution is -2.06. The highest BCUT2D eigenvalue weighted by Crippen LogP contribution is 2.45. The van der Waals surface area contributed by atoms with Crippen LogP contribution in [0.5, 0.6) is 0 Å². The molecule has 10 heteroatoms. The first-order valence-corrected chi connectivity index (χ1v) is 31.1. The van der Waals surface area contributed by atoms with Gasteiger partial charge in [0.05, 0.1) is 44.1 Å². The standard InChI is InChI=1S/2C41H29N5/c2*1-26-18-20-31-32-22-23-34-37(38(32)45(35(31)24-26)30-16-10-5-11-17-30)33-21-19-27(2)25-36(33)46(34)41-43-39(28-12-6-3-7-13-28)42-40(44-41)29-14-8-4-9-15-29/h2*3-25H,1-2H3. The minimum absolute atomic E-state index is 0.593. The van der Waals surface area contributed by atoms with Gasteiger partial charge in [-0.1, -0.05) is 218 Å². The number of benzene rings is 12. The van der Waals surface area contributed by atoms with E-state index < -0.39 is 0 Å². The zero-order chi connectivity index (χ0) is 61.6. The molecule has 0 aliphatic heterocycles. The zero-order valence-corrected chi connectivity index (χ0v) is 51.0. The van der Waals surface area contributed by atoms with Crippen LogP contribution in [0.3, 0.4) is 0 Å². The van der Waals surface area contributed by atoms with Gasteiger partial charge in [-0.2, -0.15) is 19.9 Å². The molecule has 0 spiro atoms. The molecule has 0 amide bonds. The Labute approximate surface area is 530 Å². The van der Waals surface area contributed by atoms with E-state index in [4.69, 9.17) is 29.9 Å². The lowest BCUT2D eigenvalue weighted by atomic mass is 10.1. The first-order chi connectivity index (χ1) is 45.3. The van der Waals surface area contributed by atoms with E-state index in [9.17, 15) is 0 Å². The summed E-state index contributed by atoms with van der Waals surface area (Å²) in [4.78, 5) is 30.5. The quantitative estimate of drug-likeness (QED) is 0.150. The van der Waals surface area contributed by atoms with E-state index in [0.29, 0.717) is 35.2 Å². The molecule has 18 rings (SSSR count). The molecule has 0 saturated heterocycles. The molecule has 6 heterocycles. The van der Waals surface area contributed by atoms with Gasteiger partial charge in [0.15, 0.2) is 23.3 Å². The van der Waals surface area contributed by atoms with Crippen molar-refractivity contribution in [1.82, 2.24) is 48.2 Å². The molecule has 0 radical (unpaired) electrons. The van der Waals surface area contributed by atoms with E-state index in [1.54, 1.807) is 0 Å². The number of hydrogen-bond acceptors (Lipinski definition) is 6. The first-order valence-electron chi connectivity index (χ1n) is 31.1. The van der Waals surface area contributed by atoms with Gasteiger partial charge < -0.3 is 9.13 Å². The normalized spacial score (nSPS) is 11.7. The van der Waals surface area contributed by atoms with Gasteiger partial charge in [0.25, 0.3) is 0 Å². The summed E-state index contributed by atoms with van der Waals surface area (Å²) in [5, 5.41) is 9.57. The average molecular weight is 1180 g/mol. The van der Waals surface area contributed by atoms with Crippen LogP contribution in [0.1, 0.15) is 22.3 Å². The number of nitrogens with zero attached hydrogens (tertiary/aromatic N) is 10. The maximum absolute atomic E-state index is 5.15. The number of rotatable bonds is 8. The monoisotopic (exact) mass is 1180 g/mol. The fourth-order valence-electron chi connectivity index (χ4n) is 13.6. The van der Waals surface area contributed by atoms with Crippen LogP contribution in [-0.4, -0.2) is 48.2 Å². The van der Waals surface area contributed by atoms with Gasteiger partial charge in [-0.3, -0.25) is 9.13 Å². The van der Waals surface area contributed by atoms with E-state index >= 15 is 0 Å². The van der Waals surface area contributed by atoms with Gasteiger partial charge in [0, 0.05) is 76.7 Å². The minimum Gasteiger partial charge on any atom is -0.309 e. The van der Waals surface area contributed by atoms with E-state index in [1.807, 2.05) is 121 Å². The third-order valence-electron chi connectivity index (χ3n) is 17.7. The fraction of sp³-hybridized carbons (Fsp3) is 0.0488. The van der Waals surface area contributed by atoms with E-state index in [1.165, 1.54) is 76.6 Å². The zero-order valence-electron chi connectivity index (χ0n) is 51.0. The Morgan fingerprint density at radius 3 is 0.783 bits per heavy atom. The van der Waals surface area contributed by atoms with Gasteiger partial charge >= 0.3 is 0 Å². The van der Waals surface area contributed by atoms with Crippen molar-refractivity contribution in [3.63, 3.8) is 0 Å². The highest BCUT2D eigenvalue weighted by molar-refractivity contribution is 6.27. The van der Waals surface area contributed by atoms with Crippen LogP contribution < -0.4 is 0 Å². The molecule has 6 aromatic heterocycles. The second-order valence-electron chi connectivity index (χ2n) is 23.8. The van der Waals surface area contributed by atoms with Crippen LogP contribution in [0.15, 0.2) is 279 Å². The molecule has 0 aliphatic rings. The molecule has 18 aromatic rings. The van der Waals surface area contributed by atoms with Crippen molar-refractivity contribution in [2.75, 3.05) is 0 Å². The molecule has 0 N–H and O–H groups in total. The number of aromatic nitrogens is 10. The number of hydrogen-bond donors (Lipinski definition) is 0. The Kier molecular flexibility index (Phi) is 12.8. The molecule has 0 unspecified atom stereocenters. The summed E-state index contributed by atoms with van der Waals surface area (Å²) in [6.07, 6.45) is 0. The van der Waals surface area contributed by atoms with Gasteiger partial charge in [-0.05, 0) is 111 Å². The van der Waals surface area contributed by atoms with Crippen molar-refractivity contribution in [2.45, 2.75) is 27.7 Å². The van der Waals surface area contributed by atoms with Crippen molar-refractivity contribution in [3.8, 4) is 68.8 Å². The SMILES string of the molecule is Cc1ccc2c3c(ccc4c5ccc(C)cc5n(-c5ccccc5)c43)n(-c3nc(-c4ccccc4)nc(-c4ccccc4)n3)c2c1.Cc1ccc2c3c(ccc4c5ccc(C)cc5n(-c5ccccc5)c43)n(-c3nc(-c4ccccc4)nc(-c4ccccc4)n3)c2c1. The smallest absolute Gasteiger partial charge is 0.238 e. The topological polar surface area (TPSA) is 97.1 Å². The second kappa shape index (κ2) is 21.9. The Bertz CT molecular complexity index is 5410. The van der Waals surface area contributed by atoms with Crippen LogP contribution in [-0.2, 0) is 0 Å². The third kappa shape index (κ3) is 9.02. The Hall–Kier alpha value is -12.1. The summed E-state index contributed by atoms with van der Waals surface area (Å²) >= 11 is 0. The predicted molar refractivity (Wildman–Crippen MR) is 378 cm³/mol. The largest absolute Gasteiger partial charge is 0.309 e. The van der Waals surface area contributed by atoms with Gasteiger partial charge in [-0.15, -0.1) is 0 Å². The summed E-state index contributed by atoms with van der Waals surface area (Å²) in [6, 6.07) is 97.8. The minimum atomic E-state index is 0.593. The molecule has 12 aromatic carbocycles. The summed E-state index contributed by atoms with van der Waals surface area (Å²) in [6.45, 7) is 8.59. The van der Waals surface area contributed by atoms with Gasteiger partial charge in [0.1, 0.15) is 0 Å². The summed E-state index contributed by atoms with van der Waals surface area (Å²) in [5.74, 6) is 3.75. The van der Waals surface area contributed by atoms with Crippen molar-refractivity contribution in [2.24, 2.45) is 0 Å². The molecule has 0 atom stereocenters. The van der Waals surface area contributed by atoms with Gasteiger partial charge in [-0.25, -0.2) is 9.97 Å². The van der Waals surface area contributed by atoms with Crippen LogP contribution in [0.4, 0.5) is 0 Å². The van der Waals surface area contributed by atoms with E-state index in [-0.39, 0.29) is 0 Å².